The fourth-order valence-corrected chi connectivity index (χ4v) is 4.57. The minimum absolute atomic E-state index is 0.0508. The number of aryl methyl sites for hydroxylation is 1. The SMILES string of the molecule is CCC(=O)N[C@@H](c1nnc2n1CCN(Cc1cccc(-c3ccccc3C)c1)CC2)C(C)C. The molecule has 0 fully saturated rings. The molecule has 0 bridgehead atoms. The number of rotatable bonds is 7. The van der Waals surface area contributed by atoms with Crippen molar-refractivity contribution in [3.8, 4) is 11.1 Å². The van der Waals surface area contributed by atoms with Crippen LogP contribution in [0.1, 0.15) is 56.0 Å². The molecule has 0 aliphatic carbocycles. The summed E-state index contributed by atoms with van der Waals surface area (Å²) >= 11 is 0. The number of hydrogen-bond donors (Lipinski definition) is 1. The Morgan fingerprint density at radius 1 is 1.06 bits per heavy atom. The molecular weight excluding hydrogens is 410 g/mol. The first kappa shape index (κ1) is 23.2. The van der Waals surface area contributed by atoms with Gasteiger partial charge in [0.05, 0.1) is 6.04 Å². The first-order chi connectivity index (χ1) is 16.0. The van der Waals surface area contributed by atoms with Gasteiger partial charge in [0.1, 0.15) is 5.82 Å². The second-order valence-corrected chi connectivity index (χ2v) is 9.31. The summed E-state index contributed by atoms with van der Waals surface area (Å²) in [6.45, 7) is 11.9. The standard InChI is InChI=1S/C27H35N5O/c1-5-25(33)28-26(19(2)3)27-30-29-24-13-14-31(15-16-32(24)27)18-21-10-8-11-22(17-21)23-12-7-6-9-20(23)4/h6-12,17,19,26H,5,13-16,18H2,1-4H3,(H,28,33)/t26-/m1/s1. The van der Waals surface area contributed by atoms with Crippen LogP contribution in [0.2, 0.25) is 0 Å². The van der Waals surface area contributed by atoms with Gasteiger partial charge in [-0.05, 0) is 41.2 Å². The van der Waals surface area contributed by atoms with Crippen molar-refractivity contribution in [1.82, 2.24) is 25.0 Å². The highest BCUT2D eigenvalue weighted by molar-refractivity contribution is 5.76. The molecule has 2 aromatic carbocycles. The number of fused-ring (bicyclic) bond motifs is 1. The number of carbonyl (C=O) groups excluding carboxylic acids is 1. The first-order valence-corrected chi connectivity index (χ1v) is 12.0. The van der Waals surface area contributed by atoms with E-state index in [9.17, 15) is 4.79 Å². The maximum Gasteiger partial charge on any atom is 0.220 e. The molecular formula is C27H35N5O. The summed E-state index contributed by atoms with van der Waals surface area (Å²) in [6.07, 6.45) is 1.33. The monoisotopic (exact) mass is 445 g/mol. The van der Waals surface area contributed by atoms with Gasteiger partial charge in [-0.1, -0.05) is 63.2 Å². The van der Waals surface area contributed by atoms with Crippen molar-refractivity contribution in [3.63, 3.8) is 0 Å². The highest BCUT2D eigenvalue weighted by atomic mass is 16.1. The lowest BCUT2D eigenvalue weighted by Gasteiger charge is -2.23. The normalized spacial score (nSPS) is 15.2. The molecule has 3 aromatic rings. The van der Waals surface area contributed by atoms with Crippen molar-refractivity contribution in [1.29, 1.82) is 0 Å². The number of carbonyl (C=O) groups is 1. The minimum atomic E-state index is -0.115. The molecule has 6 heteroatoms. The second-order valence-electron chi connectivity index (χ2n) is 9.31. The zero-order chi connectivity index (χ0) is 23.4. The van der Waals surface area contributed by atoms with E-state index >= 15 is 0 Å². The molecule has 0 spiro atoms. The van der Waals surface area contributed by atoms with Crippen LogP contribution in [0.25, 0.3) is 11.1 Å². The van der Waals surface area contributed by atoms with Crippen molar-refractivity contribution < 1.29 is 4.79 Å². The molecule has 1 aliphatic heterocycles. The van der Waals surface area contributed by atoms with Crippen LogP contribution in [-0.2, 0) is 24.3 Å². The average Bonchev–Trinajstić information content (AvgIpc) is 3.11. The quantitative estimate of drug-likeness (QED) is 0.580. The molecule has 1 amide bonds. The van der Waals surface area contributed by atoms with Gasteiger partial charge in [0.15, 0.2) is 5.82 Å². The van der Waals surface area contributed by atoms with Gasteiger partial charge in [-0.15, -0.1) is 10.2 Å². The molecule has 4 rings (SSSR count). The maximum absolute atomic E-state index is 12.1. The molecule has 174 valence electrons. The predicted octanol–water partition coefficient (Wildman–Crippen LogP) is 4.54. The Morgan fingerprint density at radius 3 is 2.64 bits per heavy atom. The van der Waals surface area contributed by atoms with Crippen LogP contribution in [0.5, 0.6) is 0 Å². The molecule has 0 radical (unpaired) electrons. The molecule has 0 unspecified atom stereocenters. The molecule has 6 nitrogen and oxygen atoms in total. The van der Waals surface area contributed by atoms with Crippen LogP contribution >= 0.6 is 0 Å². The summed E-state index contributed by atoms with van der Waals surface area (Å²) < 4.78 is 2.23. The Labute approximate surface area is 197 Å². The summed E-state index contributed by atoms with van der Waals surface area (Å²) in [7, 11) is 0. The molecule has 1 N–H and O–H groups in total. The van der Waals surface area contributed by atoms with E-state index in [-0.39, 0.29) is 17.9 Å². The van der Waals surface area contributed by atoms with Gasteiger partial charge >= 0.3 is 0 Å². The number of nitrogens with one attached hydrogen (secondary N) is 1. The number of aromatic nitrogens is 3. The van der Waals surface area contributed by atoms with Gasteiger partial charge in [0, 0.05) is 39.0 Å². The summed E-state index contributed by atoms with van der Waals surface area (Å²) in [5, 5.41) is 12.1. The molecule has 2 heterocycles. The maximum atomic E-state index is 12.1. The van der Waals surface area contributed by atoms with Crippen LogP contribution in [0.3, 0.4) is 0 Å². The van der Waals surface area contributed by atoms with E-state index in [4.69, 9.17) is 0 Å². The number of nitrogens with zero attached hydrogens (tertiary/aromatic N) is 4. The summed E-state index contributed by atoms with van der Waals surface area (Å²) in [6, 6.07) is 17.3. The topological polar surface area (TPSA) is 63.1 Å². The predicted molar refractivity (Wildman–Crippen MR) is 132 cm³/mol. The third-order valence-corrected chi connectivity index (χ3v) is 6.52. The van der Waals surface area contributed by atoms with Gasteiger partial charge in [0.25, 0.3) is 0 Å². The highest BCUT2D eigenvalue weighted by Gasteiger charge is 2.27. The van der Waals surface area contributed by atoms with Gasteiger partial charge in [-0.3, -0.25) is 9.69 Å². The van der Waals surface area contributed by atoms with E-state index in [1.54, 1.807) is 0 Å². The smallest absolute Gasteiger partial charge is 0.220 e. The lowest BCUT2D eigenvalue weighted by Crippen LogP contribution is -2.34. The van der Waals surface area contributed by atoms with Crippen molar-refractivity contribution in [2.24, 2.45) is 5.92 Å². The number of amides is 1. The van der Waals surface area contributed by atoms with E-state index in [1.165, 1.54) is 22.3 Å². The summed E-state index contributed by atoms with van der Waals surface area (Å²) in [5.74, 6) is 2.19. The van der Waals surface area contributed by atoms with Crippen molar-refractivity contribution >= 4 is 5.91 Å². The largest absolute Gasteiger partial charge is 0.346 e. The Hall–Kier alpha value is -2.99. The van der Waals surface area contributed by atoms with Crippen LogP contribution < -0.4 is 5.32 Å². The van der Waals surface area contributed by atoms with Gasteiger partial charge in [0.2, 0.25) is 5.91 Å². The van der Waals surface area contributed by atoms with Gasteiger partial charge < -0.3 is 9.88 Å². The number of hydrogen-bond acceptors (Lipinski definition) is 4. The van der Waals surface area contributed by atoms with Gasteiger partial charge in [-0.2, -0.15) is 0 Å². The van der Waals surface area contributed by atoms with E-state index in [2.05, 4.69) is 94.3 Å². The molecule has 1 aliphatic rings. The van der Waals surface area contributed by atoms with Gasteiger partial charge in [-0.25, -0.2) is 0 Å². The molecule has 0 saturated carbocycles. The minimum Gasteiger partial charge on any atom is -0.346 e. The van der Waals surface area contributed by atoms with E-state index in [0.717, 1.165) is 44.2 Å². The first-order valence-electron chi connectivity index (χ1n) is 12.0. The molecule has 1 atom stereocenters. The van der Waals surface area contributed by atoms with E-state index < -0.39 is 0 Å². The van der Waals surface area contributed by atoms with Crippen molar-refractivity contribution in [2.75, 3.05) is 13.1 Å². The van der Waals surface area contributed by atoms with E-state index in [0.29, 0.717) is 6.42 Å². The Morgan fingerprint density at radius 2 is 1.88 bits per heavy atom. The third kappa shape index (κ3) is 5.33. The Kier molecular flexibility index (Phi) is 7.23. The zero-order valence-electron chi connectivity index (χ0n) is 20.2. The van der Waals surface area contributed by atoms with Crippen LogP contribution in [0, 0.1) is 12.8 Å². The Balaban J connectivity index is 1.48. The third-order valence-electron chi connectivity index (χ3n) is 6.52. The van der Waals surface area contributed by atoms with Crippen LogP contribution in [0.15, 0.2) is 48.5 Å². The zero-order valence-corrected chi connectivity index (χ0v) is 20.2. The van der Waals surface area contributed by atoms with Crippen LogP contribution in [-0.4, -0.2) is 38.7 Å². The number of benzene rings is 2. The summed E-state index contributed by atoms with van der Waals surface area (Å²) in [5.41, 5.74) is 5.18. The molecule has 33 heavy (non-hydrogen) atoms. The molecule has 0 saturated heterocycles. The highest BCUT2D eigenvalue weighted by Crippen LogP contribution is 2.26. The fourth-order valence-electron chi connectivity index (χ4n) is 4.57. The lowest BCUT2D eigenvalue weighted by atomic mass is 9.99. The lowest BCUT2D eigenvalue weighted by molar-refractivity contribution is -0.121. The van der Waals surface area contributed by atoms with Crippen LogP contribution in [0.4, 0.5) is 0 Å². The van der Waals surface area contributed by atoms with Crippen molar-refractivity contribution in [2.45, 2.75) is 59.7 Å². The average molecular weight is 446 g/mol. The summed E-state index contributed by atoms with van der Waals surface area (Å²) in [4.78, 5) is 14.6. The van der Waals surface area contributed by atoms with E-state index in [1.807, 2.05) is 6.92 Å². The Bertz CT molecular complexity index is 1100. The second kappa shape index (κ2) is 10.3. The fraction of sp³-hybridized carbons (Fsp3) is 0.444. The molecule has 1 aromatic heterocycles. The van der Waals surface area contributed by atoms with Crippen molar-refractivity contribution in [3.05, 3.63) is 71.3 Å².